The van der Waals surface area contributed by atoms with Crippen molar-refractivity contribution in [1.29, 1.82) is 0 Å². The zero-order valence-electron chi connectivity index (χ0n) is 8.63. The van der Waals surface area contributed by atoms with Crippen LogP contribution in [0.4, 0.5) is 13.2 Å². The molecule has 0 amide bonds. The van der Waals surface area contributed by atoms with Gasteiger partial charge < -0.3 is 5.73 Å². The van der Waals surface area contributed by atoms with Gasteiger partial charge in [0.25, 0.3) is 0 Å². The lowest BCUT2D eigenvalue weighted by Gasteiger charge is -2.29. The first-order valence-corrected chi connectivity index (χ1v) is 5.54. The van der Waals surface area contributed by atoms with Gasteiger partial charge in [0.05, 0.1) is 6.54 Å². The van der Waals surface area contributed by atoms with E-state index in [1.54, 1.807) is 4.90 Å². The van der Waals surface area contributed by atoms with Gasteiger partial charge >= 0.3 is 6.18 Å². The number of halogens is 3. The molecule has 2 aliphatic carbocycles. The van der Waals surface area contributed by atoms with E-state index in [0.717, 1.165) is 32.1 Å². The maximum atomic E-state index is 12.4. The number of alkyl halides is 3. The van der Waals surface area contributed by atoms with Gasteiger partial charge in [-0.05, 0) is 32.1 Å². The molecule has 5 heteroatoms. The van der Waals surface area contributed by atoms with Gasteiger partial charge in [0, 0.05) is 18.1 Å². The molecule has 2 N–H and O–H groups in total. The molecule has 0 radical (unpaired) electrons. The summed E-state index contributed by atoms with van der Waals surface area (Å²) in [5.74, 6) is 0. The predicted octanol–water partition coefficient (Wildman–Crippen LogP) is 1.89. The Hall–Kier alpha value is -0.290. The zero-order valence-corrected chi connectivity index (χ0v) is 8.63. The molecule has 2 rings (SSSR count). The van der Waals surface area contributed by atoms with Crippen LogP contribution >= 0.6 is 0 Å². The van der Waals surface area contributed by atoms with E-state index in [9.17, 15) is 13.2 Å². The summed E-state index contributed by atoms with van der Waals surface area (Å²) in [5, 5.41) is 0. The largest absolute Gasteiger partial charge is 0.401 e. The highest BCUT2D eigenvalue weighted by atomic mass is 19.4. The van der Waals surface area contributed by atoms with Crippen molar-refractivity contribution in [2.24, 2.45) is 5.73 Å². The Balaban J connectivity index is 1.94. The maximum absolute atomic E-state index is 12.4. The third-order valence-electron chi connectivity index (χ3n) is 3.29. The molecule has 2 atom stereocenters. The van der Waals surface area contributed by atoms with Gasteiger partial charge in [-0.15, -0.1) is 0 Å². The Labute approximate surface area is 87.6 Å². The Morgan fingerprint density at radius 2 is 1.67 bits per heavy atom. The second-order valence-corrected chi connectivity index (χ2v) is 4.75. The van der Waals surface area contributed by atoms with E-state index in [-0.39, 0.29) is 18.1 Å². The predicted molar refractivity (Wildman–Crippen MR) is 51.4 cm³/mol. The zero-order chi connectivity index (χ0) is 11.1. The van der Waals surface area contributed by atoms with E-state index in [0.29, 0.717) is 0 Å². The molecule has 0 aliphatic heterocycles. The number of rotatable bonds is 3. The lowest BCUT2D eigenvalue weighted by Crippen LogP contribution is -2.42. The smallest absolute Gasteiger partial charge is 0.328 e. The van der Waals surface area contributed by atoms with Crippen molar-refractivity contribution in [2.75, 3.05) is 6.54 Å². The fourth-order valence-corrected chi connectivity index (χ4v) is 2.46. The van der Waals surface area contributed by atoms with E-state index in [4.69, 9.17) is 5.73 Å². The molecule has 0 saturated heterocycles. The molecule has 0 heterocycles. The first-order valence-electron chi connectivity index (χ1n) is 5.54. The molecular weight excluding hydrogens is 205 g/mol. The lowest BCUT2D eigenvalue weighted by molar-refractivity contribution is -0.152. The lowest BCUT2D eigenvalue weighted by atomic mass is 10.2. The Kier molecular flexibility index (Phi) is 2.94. The van der Waals surface area contributed by atoms with Gasteiger partial charge in [0.2, 0.25) is 0 Å². The molecule has 0 aromatic heterocycles. The van der Waals surface area contributed by atoms with Crippen LogP contribution in [-0.2, 0) is 0 Å². The van der Waals surface area contributed by atoms with Crippen LogP contribution in [-0.4, -0.2) is 35.7 Å². The van der Waals surface area contributed by atoms with Crippen LogP contribution in [0.5, 0.6) is 0 Å². The summed E-state index contributed by atoms with van der Waals surface area (Å²) in [6.45, 7) is -0.755. The average molecular weight is 222 g/mol. The van der Waals surface area contributed by atoms with Crippen molar-refractivity contribution in [3.63, 3.8) is 0 Å². The summed E-state index contributed by atoms with van der Waals surface area (Å²) in [4.78, 5) is 1.63. The molecule has 2 fully saturated rings. The molecule has 2 aliphatic rings. The fraction of sp³-hybridized carbons (Fsp3) is 1.00. The van der Waals surface area contributed by atoms with Crippen LogP contribution in [0.1, 0.15) is 32.1 Å². The van der Waals surface area contributed by atoms with Crippen LogP contribution in [0, 0.1) is 0 Å². The fourth-order valence-electron chi connectivity index (χ4n) is 2.46. The van der Waals surface area contributed by atoms with Crippen LogP contribution in [0.25, 0.3) is 0 Å². The monoisotopic (exact) mass is 222 g/mol. The van der Waals surface area contributed by atoms with Gasteiger partial charge in [0.1, 0.15) is 0 Å². The number of nitrogens with two attached hydrogens (primary N) is 1. The molecule has 0 aromatic carbocycles. The molecule has 0 bridgehead atoms. The summed E-state index contributed by atoms with van der Waals surface area (Å²) >= 11 is 0. The molecule has 0 aromatic rings. The van der Waals surface area contributed by atoms with Crippen molar-refractivity contribution in [2.45, 2.75) is 56.4 Å². The topological polar surface area (TPSA) is 29.3 Å². The molecule has 15 heavy (non-hydrogen) atoms. The van der Waals surface area contributed by atoms with Gasteiger partial charge in [-0.3, -0.25) is 4.90 Å². The van der Waals surface area contributed by atoms with Gasteiger partial charge in [-0.1, -0.05) is 0 Å². The van der Waals surface area contributed by atoms with E-state index in [1.165, 1.54) is 0 Å². The van der Waals surface area contributed by atoms with Crippen molar-refractivity contribution in [3.8, 4) is 0 Å². The van der Waals surface area contributed by atoms with E-state index >= 15 is 0 Å². The number of hydrogen-bond acceptors (Lipinski definition) is 2. The molecule has 88 valence electrons. The van der Waals surface area contributed by atoms with E-state index < -0.39 is 12.7 Å². The highest BCUT2D eigenvalue weighted by Gasteiger charge is 2.42. The van der Waals surface area contributed by atoms with Crippen LogP contribution in [0.15, 0.2) is 0 Å². The van der Waals surface area contributed by atoms with Crippen LogP contribution in [0.3, 0.4) is 0 Å². The maximum Gasteiger partial charge on any atom is 0.401 e. The first kappa shape index (κ1) is 11.2. The highest BCUT2D eigenvalue weighted by Crippen LogP contribution is 2.36. The first-order chi connectivity index (χ1) is 6.96. The molecule has 2 unspecified atom stereocenters. The summed E-state index contributed by atoms with van der Waals surface area (Å²) in [5.41, 5.74) is 5.74. The molecule has 0 spiro atoms. The minimum Gasteiger partial charge on any atom is -0.328 e. The summed E-state index contributed by atoms with van der Waals surface area (Å²) in [6, 6.07) is 0.334. The second-order valence-electron chi connectivity index (χ2n) is 4.75. The minimum atomic E-state index is -4.07. The Morgan fingerprint density at radius 1 is 1.07 bits per heavy atom. The Bertz CT molecular complexity index is 225. The van der Waals surface area contributed by atoms with Gasteiger partial charge in [-0.25, -0.2) is 0 Å². The quantitative estimate of drug-likeness (QED) is 0.790. The van der Waals surface area contributed by atoms with Crippen LogP contribution < -0.4 is 5.73 Å². The summed E-state index contributed by atoms with van der Waals surface area (Å²) in [7, 11) is 0. The second kappa shape index (κ2) is 3.94. The normalized spacial score (nSPS) is 32.6. The third-order valence-corrected chi connectivity index (χ3v) is 3.29. The highest BCUT2D eigenvalue weighted by molar-refractivity contribution is 4.94. The standard InChI is InChI=1S/C10H17F3N2/c11-10(12,13)6-15(8-3-4-8)9-2-1-7(14)5-9/h7-9H,1-6,14H2. The van der Waals surface area contributed by atoms with E-state index in [1.807, 2.05) is 0 Å². The minimum absolute atomic E-state index is 0.0640. The van der Waals surface area contributed by atoms with Crippen LogP contribution in [0.2, 0.25) is 0 Å². The van der Waals surface area contributed by atoms with E-state index in [2.05, 4.69) is 0 Å². The Morgan fingerprint density at radius 3 is 2.07 bits per heavy atom. The van der Waals surface area contributed by atoms with Gasteiger partial charge in [-0.2, -0.15) is 13.2 Å². The van der Waals surface area contributed by atoms with Crippen molar-refractivity contribution < 1.29 is 13.2 Å². The van der Waals surface area contributed by atoms with Crippen molar-refractivity contribution in [1.82, 2.24) is 4.90 Å². The van der Waals surface area contributed by atoms with Crippen molar-refractivity contribution in [3.05, 3.63) is 0 Å². The molecular formula is C10H17F3N2. The third kappa shape index (κ3) is 3.08. The molecule has 2 nitrogen and oxygen atoms in total. The number of hydrogen-bond donors (Lipinski definition) is 1. The van der Waals surface area contributed by atoms with Gasteiger partial charge in [0.15, 0.2) is 0 Å². The summed E-state index contributed by atoms with van der Waals surface area (Å²) in [6.07, 6.45) is 0.185. The van der Waals surface area contributed by atoms with Crippen molar-refractivity contribution >= 4 is 0 Å². The summed E-state index contributed by atoms with van der Waals surface area (Å²) < 4.78 is 37.1. The molecule has 2 saturated carbocycles. The average Bonchev–Trinajstić information content (AvgIpc) is 2.84. The number of nitrogens with zero attached hydrogens (tertiary/aromatic N) is 1. The SMILES string of the molecule is NC1CCC(N(CC(F)(F)F)C2CC2)C1.